The number of benzene rings is 1. The van der Waals surface area contributed by atoms with Crippen LogP contribution in [0.1, 0.15) is 43.3 Å². The Morgan fingerprint density at radius 2 is 2.10 bits per heavy atom. The number of carbonyl (C=O) groups is 1. The van der Waals surface area contributed by atoms with Crippen LogP contribution in [0.3, 0.4) is 0 Å². The van der Waals surface area contributed by atoms with E-state index in [1.807, 2.05) is 49.6 Å². The SMILES string of the molecule is CCCSc1n[n+]2c(c(=O)[nH]1)-c1ccccc1N(C(=O)CC)C2c1sccc1C. The summed E-state index contributed by atoms with van der Waals surface area (Å²) in [6.45, 7) is 5.98. The zero-order valence-electron chi connectivity index (χ0n) is 16.6. The molecule has 1 amide bonds. The topological polar surface area (TPSA) is 69.9 Å². The van der Waals surface area contributed by atoms with Crippen molar-refractivity contribution in [2.24, 2.45) is 0 Å². The Morgan fingerprint density at radius 3 is 2.79 bits per heavy atom. The van der Waals surface area contributed by atoms with Crippen LogP contribution in [0, 0.1) is 6.92 Å². The number of carbonyl (C=O) groups excluding carboxylic acids is 1. The Morgan fingerprint density at radius 1 is 1.31 bits per heavy atom. The number of thioether (sulfide) groups is 1. The number of hydrogen-bond acceptors (Lipinski definition) is 5. The second-order valence-electron chi connectivity index (χ2n) is 6.88. The summed E-state index contributed by atoms with van der Waals surface area (Å²) in [5, 5.41) is 7.38. The Kier molecular flexibility index (Phi) is 5.56. The molecule has 1 aromatic carbocycles. The third-order valence-corrected chi connectivity index (χ3v) is 7.04. The predicted octanol–water partition coefficient (Wildman–Crippen LogP) is 3.90. The molecule has 3 aromatic rings. The summed E-state index contributed by atoms with van der Waals surface area (Å²) in [5.74, 6) is 0.859. The van der Waals surface area contributed by atoms with Gasteiger partial charge in [-0.25, -0.2) is 4.90 Å². The summed E-state index contributed by atoms with van der Waals surface area (Å²) in [6.07, 6.45) is 0.870. The van der Waals surface area contributed by atoms with Crippen molar-refractivity contribution in [2.75, 3.05) is 10.7 Å². The van der Waals surface area contributed by atoms with Crippen LogP contribution < -0.4 is 15.1 Å². The van der Waals surface area contributed by atoms with E-state index in [1.165, 1.54) is 11.8 Å². The Labute approximate surface area is 177 Å². The van der Waals surface area contributed by atoms with Crippen molar-refractivity contribution in [1.29, 1.82) is 0 Å². The van der Waals surface area contributed by atoms with Gasteiger partial charge < -0.3 is 0 Å². The van der Waals surface area contributed by atoms with Gasteiger partial charge >= 0.3 is 17.4 Å². The third-order valence-electron chi connectivity index (χ3n) is 4.91. The highest BCUT2D eigenvalue weighted by atomic mass is 32.2. The molecule has 1 N–H and O–H groups in total. The molecule has 1 aliphatic heterocycles. The molecule has 0 radical (unpaired) electrons. The second kappa shape index (κ2) is 8.12. The van der Waals surface area contributed by atoms with Crippen molar-refractivity contribution < 1.29 is 9.48 Å². The quantitative estimate of drug-likeness (QED) is 0.495. The lowest BCUT2D eigenvalue weighted by Gasteiger charge is -2.31. The lowest BCUT2D eigenvalue weighted by Crippen LogP contribution is -2.60. The Hall–Kier alpha value is -2.45. The van der Waals surface area contributed by atoms with Crippen LogP contribution in [-0.4, -0.2) is 21.7 Å². The molecule has 1 atom stereocenters. The molecule has 1 unspecified atom stereocenters. The first kappa shape index (κ1) is 19.8. The number of aryl methyl sites for hydroxylation is 1. The zero-order valence-corrected chi connectivity index (χ0v) is 18.3. The average Bonchev–Trinajstić information content (AvgIpc) is 3.15. The molecule has 1 aliphatic rings. The van der Waals surface area contributed by atoms with Gasteiger partial charge in [-0.05, 0) is 47.2 Å². The van der Waals surface area contributed by atoms with Crippen molar-refractivity contribution in [2.45, 2.75) is 44.9 Å². The van der Waals surface area contributed by atoms with Crippen LogP contribution >= 0.6 is 23.1 Å². The van der Waals surface area contributed by atoms with Crippen LogP contribution in [-0.2, 0) is 4.79 Å². The fraction of sp³-hybridized carbons (Fsp3) is 0.333. The van der Waals surface area contributed by atoms with E-state index in [4.69, 9.17) is 5.10 Å². The number of thiophene rings is 1. The number of nitrogens with zero attached hydrogens (tertiary/aromatic N) is 3. The van der Waals surface area contributed by atoms with Gasteiger partial charge in [0, 0.05) is 17.3 Å². The molecule has 150 valence electrons. The van der Waals surface area contributed by atoms with E-state index in [0.29, 0.717) is 17.3 Å². The molecule has 0 bridgehead atoms. The average molecular weight is 428 g/mol. The number of hydrogen-bond donors (Lipinski definition) is 1. The molecule has 6 nitrogen and oxygen atoms in total. The maximum absolute atomic E-state index is 13.1. The standard InChI is InChI=1S/C21H22N4O2S2/c1-4-11-29-21-22-19(27)17-14-8-6-7-9-15(14)24(16(26)5-2)20(25(17)23-21)18-13(3)10-12-28-18/h6-10,12,20H,4-5,11H2,1-3H3/p+1. The van der Waals surface area contributed by atoms with Gasteiger partial charge in [-0.1, -0.05) is 37.7 Å². The summed E-state index contributed by atoms with van der Waals surface area (Å²) < 4.78 is 1.74. The number of rotatable bonds is 5. The lowest BCUT2D eigenvalue weighted by molar-refractivity contribution is -0.762. The predicted molar refractivity (Wildman–Crippen MR) is 116 cm³/mol. The number of fused-ring (bicyclic) bond motifs is 3. The first-order chi connectivity index (χ1) is 14.1. The van der Waals surface area contributed by atoms with E-state index in [-0.39, 0.29) is 11.5 Å². The van der Waals surface area contributed by atoms with E-state index in [2.05, 4.69) is 11.9 Å². The fourth-order valence-electron chi connectivity index (χ4n) is 3.56. The van der Waals surface area contributed by atoms with Crippen molar-refractivity contribution in [3.05, 3.63) is 56.5 Å². The van der Waals surface area contributed by atoms with Crippen molar-refractivity contribution in [1.82, 2.24) is 10.1 Å². The van der Waals surface area contributed by atoms with Crippen molar-refractivity contribution in [3.63, 3.8) is 0 Å². The molecule has 4 rings (SSSR count). The van der Waals surface area contributed by atoms with Crippen LogP contribution in [0.2, 0.25) is 0 Å². The molecule has 0 saturated carbocycles. The summed E-state index contributed by atoms with van der Waals surface area (Å²) in [4.78, 5) is 32.0. The van der Waals surface area contributed by atoms with Gasteiger partial charge in [-0.3, -0.25) is 14.6 Å². The van der Waals surface area contributed by atoms with Gasteiger partial charge in [-0.15, -0.1) is 11.3 Å². The van der Waals surface area contributed by atoms with Gasteiger partial charge in [-0.2, -0.15) is 0 Å². The van der Waals surface area contributed by atoms with E-state index >= 15 is 0 Å². The summed E-state index contributed by atoms with van der Waals surface area (Å²) in [5.41, 5.74) is 2.85. The largest absolute Gasteiger partial charge is 0.325 e. The number of anilines is 1. The van der Waals surface area contributed by atoms with Gasteiger partial charge in [0.15, 0.2) is 0 Å². The van der Waals surface area contributed by atoms with Crippen LogP contribution in [0.4, 0.5) is 5.69 Å². The summed E-state index contributed by atoms with van der Waals surface area (Å²) in [7, 11) is 0. The molecule has 29 heavy (non-hydrogen) atoms. The smallest absolute Gasteiger partial charge is 0.291 e. The zero-order chi connectivity index (χ0) is 20.5. The lowest BCUT2D eigenvalue weighted by atomic mass is 10.0. The fourth-order valence-corrected chi connectivity index (χ4v) is 5.27. The molecule has 0 fully saturated rings. The Bertz CT molecular complexity index is 1120. The number of amides is 1. The minimum Gasteiger partial charge on any atom is -0.291 e. The molecule has 0 aliphatic carbocycles. The summed E-state index contributed by atoms with van der Waals surface area (Å²) >= 11 is 3.10. The maximum atomic E-state index is 13.1. The van der Waals surface area contributed by atoms with Crippen LogP contribution in [0.15, 0.2) is 45.7 Å². The molecular formula is C21H23N4O2S2+. The third kappa shape index (κ3) is 3.40. The second-order valence-corrected chi connectivity index (χ2v) is 8.91. The number of aromatic nitrogens is 3. The van der Waals surface area contributed by atoms with Crippen molar-refractivity contribution in [3.8, 4) is 11.3 Å². The normalized spacial score (nSPS) is 15.1. The first-order valence-electron chi connectivity index (χ1n) is 9.71. The van der Waals surface area contributed by atoms with Gasteiger partial charge in [0.2, 0.25) is 11.1 Å². The molecular weight excluding hydrogens is 404 g/mol. The summed E-state index contributed by atoms with van der Waals surface area (Å²) in [6, 6.07) is 9.60. The van der Waals surface area contributed by atoms with E-state index in [1.54, 1.807) is 20.9 Å². The Balaban J connectivity index is 2.03. The number of H-pyrrole nitrogens is 1. The minimum absolute atomic E-state index is 0.00163. The van der Waals surface area contributed by atoms with Gasteiger partial charge in [0.25, 0.3) is 0 Å². The van der Waals surface area contributed by atoms with E-state index < -0.39 is 6.17 Å². The van der Waals surface area contributed by atoms with Crippen molar-refractivity contribution >= 4 is 34.7 Å². The van der Waals surface area contributed by atoms with E-state index in [0.717, 1.165) is 33.9 Å². The number of aromatic amines is 1. The highest BCUT2D eigenvalue weighted by Gasteiger charge is 2.46. The van der Waals surface area contributed by atoms with Gasteiger partial charge in [0.1, 0.15) is 4.88 Å². The molecule has 8 heteroatoms. The van der Waals surface area contributed by atoms with Gasteiger partial charge in [0.05, 0.1) is 11.3 Å². The minimum atomic E-state index is -0.476. The molecule has 2 aromatic heterocycles. The van der Waals surface area contributed by atoms with Crippen LogP contribution in [0.25, 0.3) is 11.3 Å². The molecule has 0 spiro atoms. The number of nitrogens with one attached hydrogen (secondary N) is 1. The molecule has 0 saturated heterocycles. The highest BCUT2D eigenvalue weighted by Crippen LogP contribution is 2.39. The maximum Gasteiger partial charge on any atom is 0.325 e. The highest BCUT2D eigenvalue weighted by molar-refractivity contribution is 7.99. The molecule has 3 heterocycles. The number of para-hydroxylation sites is 1. The first-order valence-corrected chi connectivity index (χ1v) is 11.6. The van der Waals surface area contributed by atoms with Crippen LogP contribution in [0.5, 0.6) is 0 Å². The monoisotopic (exact) mass is 427 g/mol. The van der Waals surface area contributed by atoms with E-state index in [9.17, 15) is 9.59 Å².